The number of rotatable bonds is 10. The largest absolute Gasteiger partial charge is 0.379 e. The molecule has 0 saturated carbocycles. The molecule has 1 saturated heterocycles. The summed E-state index contributed by atoms with van der Waals surface area (Å²) >= 11 is 2.72. The Morgan fingerprint density at radius 3 is 2.83 bits per heavy atom. The second-order valence-electron chi connectivity index (χ2n) is 6.92. The first-order valence-corrected chi connectivity index (χ1v) is 11.9. The van der Waals surface area contributed by atoms with E-state index in [2.05, 4.69) is 25.7 Å². The van der Waals surface area contributed by atoms with Crippen molar-refractivity contribution in [1.82, 2.24) is 20.4 Å². The quantitative estimate of drug-likeness (QED) is 0.537. The van der Waals surface area contributed by atoms with Crippen molar-refractivity contribution in [2.75, 3.05) is 50.5 Å². The molecule has 10 heteroatoms. The molecule has 30 heavy (non-hydrogen) atoms. The minimum absolute atomic E-state index is 0.0176. The van der Waals surface area contributed by atoms with Gasteiger partial charge in [-0.15, -0.1) is 22.0 Å². The standard InChI is InChI=1S/C20H27N5O3S2/c1-15-5-2-3-6-16(15)22-19(27)20-24-23-18(30-20)14-29-13-17(26)21-7-4-8-25-9-11-28-12-10-25/h2-3,5-6H,4,7-14H2,1H3,(H,21,26)(H,22,27). The van der Waals surface area contributed by atoms with Crippen LogP contribution < -0.4 is 10.6 Å². The van der Waals surface area contributed by atoms with Crippen LogP contribution in [0.1, 0.15) is 26.8 Å². The van der Waals surface area contributed by atoms with Crippen molar-refractivity contribution in [2.45, 2.75) is 19.1 Å². The third-order valence-corrected chi connectivity index (χ3v) is 6.64. The van der Waals surface area contributed by atoms with Gasteiger partial charge in [-0.1, -0.05) is 29.5 Å². The zero-order valence-electron chi connectivity index (χ0n) is 17.1. The summed E-state index contributed by atoms with van der Waals surface area (Å²) in [5.41, 5.74) is 1.75. The number of aryl methyl sites for hydroxylation is 1. The van der Waals surface area contributed by atoms with Gasteiger partial charge in [0.15, 0.2) is 0 Å². The molecule has 0 spiro atoms. The molecule has 0 unspecified atom stereocenters. The monoisotopic (exact) mass is 449 g/mol. The molecule has 1 aliphatic rings. The van der Waals surface area contributed by atoms with E-state index in [-0.39, 0.29) is 11.8 Å². The van der Waals surface area contributed by atoms with Gasteiger partial charge in [-0.05, 0) is 31.5 Å². The Morgan fingerprint density at radius 1 is 1.23 bits per heavy atom. The number of morpholine rings is 1. The highest BCUT2D eigenvalue weighted by Gasteiger charge is 2.14. The minimum Gasteiger partial charge on any atom is -0.379 e. The number of aromatic nitrogens is 2. The number of carbonyl (C=O) groups is 2. The minimum atomic E-state index is -0.268. The zero-order valence-corrected chi connectivity index (χ0v) is 18.7. The summed E-state index contributed by atoms with van der Waals surface area (Å²) in [6.45, 7) is 7.13. The molecule has 0 bridgehead atoms. The number of para-hydroxylation sites is 1. The highest BCUT2D eigenvalue weighted by atomic mass is 32.2. The molecule has 0 aliphatic carbocycles. The van der Waals surface area contributed by atoms with E-state index < -0.39 is 0 Å². The van der Waals surface area contributed by atoms with E-state index in [1.165, 1.54) is 23.1 Å². The normalized spacial score (nSPS) is 14.4. The lowest BCUT2D eigenvalue weighted by molar-refractivity contribution is -0.118. The molecule has 0 radical (unpaired) electrons. The molecule has 2 heterocycles. The summed E-state index contributed by atoms with van der Waals surface area (Å²) in [6.07, 6.45) is 0.937. The highest BCUT2D eigenvalue weighted by molar-refractivity contribution is 7.99. The highest BCUT2D eigenvalue weighted by Crippen LogP contribution is 2.19. The van der Waals surface area contributed by atoms with Gasteiger partial charge in [0.2, 0.25) is 10.9 Å². The van der Waals surface area contributed by atoms with Crippen molar-refractivity contribution in [3.8, 4) is 0 Å². The maximum Gasteiger partial charge on any atom is 0.286 e. The summed E-state index contributed by atoms with van der Waals surface area (Å²) in [5, 5.41) is 14.9. The fraction of sp³-hybridized carbons (Fsp3) is 0.500. The third kappa shape index (κ3) is 7.35. The topological polar surface area (TPSA) is 96.5 Å². The van der Waals surface area contributed by atoms with Crippen LogP contribution in [0.25, 0.3) is 0 Å². The fourth-order valence-electron chi connectivity index (χ4n) is 2.93. The van der Waals surface area contributed by atoms with Gasteiger partial charge in [-0.25, -0.2) is 0 Å². The van der Waals surface area contributed by atoms with Crippen molar-refractivity contribution in [3.63, 3.8) is 0 Å². The SMILES string of the molecule is Cc1ccccc1NC(=O)c1nnc(CSCC(=O)NCCCN2CCOCC2)s1. The lowest BCUT2D eigenvalue weighted by Gasteiger charge is -2.26. The summed E-state index contributed by atoms with van der Waals surface area (Å²) in [6, 6.07) is 7.58. The number of hydrogen-bond acceptors (Lipinski definition) is 8. The van der Waals surface area contributed by atoms with Crippen LogP contribution in [-0.4, -0.2) is 72.1 Å². The van der Waals surface area contributed by atoms with Gasteiger partial charge in [0.05, 0.1) is 19.0 Å². The van der Waals surface area contributed by atoms with Crippen molar-refractivity contribution in [1.29, 1.82) is 0 Å². The number of carbonyl (C=O) groups excluding carboxylic acids is 2. The van der Waals surface area contributed by atoms with Gasteiger partial charge < -0.3 is 15.4 Å². The lowest BCUT2D eigenvalue weighted by atomic mass is 10.2. The van der Waals surface area contributed by atoms with Gasteiger partial charge in [-0.2, -0.15) is 0 Å². The predicted octanol–water partition coefficient (Wildman–Crippen LogP) is 2.17. The first kappa shape index (κ1) is 22.7. The van der Waals surface area contributed by atoms with E-state index >= 15 is 0 Å². The molecule has 3 rings (SSSR count). The van der Waals surface area contributed by atoms with Gasteiger partial charge in [0.1, 0.15) is 5.01 Å². The van der Waals surface area contributed by atoms with Gasteiger partial charge in [-0.3, -0.25) is 14.5 Å². The van der Waals surface area contributed by atoms with Gasteiger partial charge >= 0.3 is 0 Å². The van der Waals surface area contributed by atoms with E-state index in [0.29, 0.717) is 23.1 Å². The number of amides is 2. The maximum atomic E-state index is 12.3. The van der Waals surface area contributed by atoms with Crippen LogP contribution in [0.15, 0.2) is 24.3 Å². The summed E-state index contributed by atoms with van der Waals surface area (Å²) < 4.78 is 5.33. The number of nitrogens with zero attached hydrogens (tertiary/aromatic N) is 3. The van der Waals surface area contributed by atoms with Gasteiger partial charge in [0.25, 0.3) is 5.91 Å². The van der Waals surface area contributed by atoms with E-state index in [4.69, 9.17) is 4.74 Å². The number of anilines is 1. The molecule has 2 amide bonds. The Hall–Kier alpha value is -2.01. The number of nitrogens with one attached hydrogen (secondary N) is 2. The van der Waals surface area contributed by atoms with Crippen molar-refractivity contribution >= 4 is 40.6 Å². The second-order valence-corrected chi connectivity index (χ2v) is 8.97. The number of thioether (sulfide) groups is 1. The van der Waals surface area contributed by atoms with E-state index in [1.807, 2.05) is 31.2 Å². The van der Waals surface area contributed by atoms with Crippen LogP contribution >= 0.6 is 23.1 Å². The molecule has 162 valence electrons. The number of benzene rings is 1. The van der Waals surface area contributed by atoms with Crippen LogP contribution in [-0.2, 0) is 15.3 Å². The predicted molar refractivity (Wildman–Crippen MR) is 120 cm³/mol. The lowest BCUT2D eigenvalue weighted by Crippen LogP contribution is -2.38. The summed E-state index contributed by atoms with van der Waals surface area (Å²) in [7, 11) is 0. The Morgan fingerprint density at radius 2 is 2.03 bits per heavy atom. The molecule has 2 aromatic rings. The molecule has 1 aromatic carbocycles. The van der Waals surface area contributed by atoms with Crippen molar-refractivity contribution in [3.05, 3.63) is 39.8 Å². The Balaban J connectivity index is 1.31. The Bertz CT molecular complexity index is 839. The molecular weight excluding hydrogens is 422 g/mol. The van der Waals surface area contributed by atoms with Crippen LogP contribution in [0.4, 0.5) is 5.69 Å². The maximum absolute atomic E-state index is 12.3. The molecule has 0 atom stereocenters. The van der Waals surface area contributed by atoms with Crippen LogP contribution in [0.2, 0.25) is 0 Å². The number of ether oxygens (including phenoxy) is 1. The molecule has 1 fully saturated rings. The smallest absolute Gasteiger partial charge is 0.286 e. The molecule has 2 N–H and O–H groups in total. The van der Waals surface area contributed by atoms with Crippen LogP contribution in [0, 0.1) is 6.92 Å². The first-order valence-electron chi connectivity index (χ1n) is 9.96. The average Bonchev–Trinajstić information content (AvgIpc) is 3.23. The second kappa shape index (κ2) is 12.0. The number of hydrogen-bond donors (Lipinski definition) is 2. The molecule has 1 aliphatic heterocycles. The van der Waals surface area contributed by atoms with E-state index in [1.54, 1.807) is 0 Å². The van der Waals surface area contributed by atoms with Gasteiger partial charge in [0, 0.05) is 31.1 Å². The summed E-state index contributed by atoms with van der Waals surface area (Å²) in [5.74, 6) is 0.665. The van der Waals surface area contributed by atoms with E-state index in [9.17, 15) is 9.59 Å². The van der Waals surface area contributed by atoms with Crippen LogP contribution in [0.3, 0.4) is 0 Å². The fourth-order valence-corrected chi connectivity index (χ4v) is 4.57. The average molecular weight is 450 g/mol. The molecule has 1 aromatic heterocycles. The summed E-state index contributed by atoms with van der Waals surface area (Å²) in [4.78, 5) is 26.7. The Labute approximate surface area is 184 Å². The van der Waals surface area contributed by atoms with E-state index in [0.717, 1.165) is 55.5 Å². The zero-order chi connectivity index (χ0) is 21.2. The van der Waals surface area contributed by atoms with Crippen molar-refractivity contribution < 1.29 is 14.3 Å². The third-order valence-electron chi connectivity index (χ3n) is 4.59. The molecule has 8 nitrogen and oxygen atoms in total. The van der Waals surface area contributed by atoms with Crippen molar-refractivity contribution in [2.24, 2.45) is 0 Å². The van der Waals surface area contributed by atoms with Crippen LogP contribution in [0.5, 0.6) is 0 Å². The first-order chi connectivity index (χ1) is 14.6. The Kier molecular flexibility index (Phi) is 9.06. The molecular formula is C20H27N5O3S2.